The van der Waals surface area contributed by atoms with Crippen molar-refractivity contribution in [3.8, 4) is 5.75 Å². The molecule has 0 amide bonds. The van der Waals surface area contributed by atoms with Crippen molar-refractivity contribution in [1.29, 1.82) is 0 Å². The van der Waals surface area contributed by atoms with Gasteiger partial charge in [-0.15, -0.1) is 0 Å². The third-order valence-electron chi connectivity index (χ3n) is 3.04. The number of nitrogens with zero attached hydrogens (tertiary/aromatic N) is 1. The summed E-state index contributed by atoms with van der Waals surface area (Å²) in [5.74, 6) is 0.786. The van der Waals surface area contributed by atoms with Crippen LogP contribution in [0.5, 0.6) is 5.75 Å². The zero-order valence-corrected chi connectivity index (χ0v) is 12.2. The molecular formula is C16H16ClNO2. The van der Waals surface area contributed by atoms with E-state index in [0.29, 0.717) is 10.6 Å². The lowest BCUT2D eigenvalue weighted by Gasteiger charge is -2.20. The number of carbonyl (C=O) groups is 1. The van der Waals surface area contributed by atoms with Gasteiger partial charge in [-0.2, -0.15) is 0 Å². The van der Waals surface area contributed by atoms with Gasteiger partial charge in [0.1, 0.15) is 5.75 Å². The fraction of sp³-hybridized carbons (Fsp3) is 0.188. The molecule has 0 aromatic heterocycles. The highest BCUT2D eigenvalue weighted by atomic mass is 35.5. The summed E-state index contributed by atoms with van der Waals surface area (Å²) in [5.41, 5.74) is 1.54. The highest BCUT2D eigenvalue weighted by Gasteiger charge is 2.12. The van der Waals surface area contributed by atoms with Crippen molar-refractivity contribution < 1.29 is 9.53 Å². The number of benzene rings is 2. The molecule has 0 aliphatic heterocycles. The van der Waals surface area contributed by atoms with E-state index >= 15 is 0 Å². The largest absolute Gasteiger partial charge is 0.495 e. The summed E-state index contributed by atoms with van der Waals surface area (Å²) in [6.45, 7) is 0.280. The van der Waals surface area contributed by atoms with Gasteiger partial charge in [0, 0.05) is 17.6 Å². The molecule has 0 saturated carbocycles. The highest BCUT2D eigenvalue weighted by molar-refractivity contribution is 6.30. The molecule has 2 aromatic rings. The zero-order valence-electron chi connectivity index (χ0n) is 11.5. The van der Waals surface area contributed by atoms with E-state index in [1.165, 1.54) is 0 Å². The number of anilines is 1. The average molecular weight is 290 g/mol. The second-order valence-electron chi connectivity index (χ2n) is 4.46. The Bertz CT molecular complexity index is 596. The molecule has 4 heteroatoms. The van der Waals surface area contributed by atoms with Gasteiger partial charge in [0.15, 0.2) is 5.78 Å². The minimum atomic E-state index is 0.0371. The maximum Gasteiger partial charge on any atom is 0.182 e. The number of ketones is 1. The van der Waals surface area contributed by atoms with Gasteiger partial charge in [0.05, 0.1) is 19.3 Å². The fourth-order valence-corrected chi connectivity index (χ4v) is 2.10. The van der Waals surface area contributed by atoms with Crippen molar-refractivity contribution in [1.82, 2.24) is 0 Å². The minimum absolute atomic E-state index is 0.0371. The van der Waals surface area contributed by atoms with E-state index in [0.717, 1.165) is 11.4 Å². The number of halogens is 1. The molecule has 0 aliphatic carbocycles. The van der Waals surface area contributed by atoms with Crippen molar-refractivity contribution >= 4 is 23.1 Å². The van der Waals surface area contributed by atoms with Gasteiger partial charge in [0.25, 0.3) is 0 Å². The van der Waals surface area contributed by atoms with Crippen molar-refractivity contribution in [2.45, 2.75) is 0 Å². The first kappa shape index (κ1) is 14.4. The molecule has 2 aromatic carbocycles. The summed E-state index contributed by atoms with van der Waals surface area (Å²) in [7, 11) is 3.49. The van der Waals surface area contributed by atoms with Crippen LogP contribution in [0.25, 0.3) is 0 Å². The lowest BCUT2D eigenvalue weighted by atomic mass is 10.1. The summed E-state index contributed by atoms with van der Waals surface area (Å²) >= 11 is 5.82. The van der Waals surface area contributed by atoms with E-state index < -0.39 is 0 Å². The Morgan fingerprint density at radius 1 is 1.15 bits per heavy atom. The molecule has 0 fully saturated rings. The minimum Gasteiger partial charge on any atom is -0.495 e. The number of hydrogen-bond acceptors (Lipinski definition) is 3. The van der Waals surface area contributed by atoms with Crippen LogP contribution in [0.2, 0.25) is 5.02 Å². The normalized spacial score (nSPS) is 10.2. The van der Waals surface area contributed by atoms with Crippen LogP contribution in [-0.2, 0) is 0 Å². The smallest absolute Gasteiger partial charge is 0.182 e. The standard InChI is InChI=1S/C16H16ClNO2/c1-18(14-5-3-4-6-16(14)20-2)11-15(19)12-7-9-13(17)10-8-12/h3-10H,11H2,1-2H3. The first-order valence-electron chi connectivity index (χ1n) is 6.24. The monoisotopic (exact) mass is 289 g/mol. The predicted octanol–water partition coefficient (Wildman–Crippen LogP) is 3.67. The van der Waals surface area contributed by atoms with Gasteiger partial charge < -0.3 is 9.64 Å². The lowest BCUT2D eigenvalue weighted by Crippen LogP contribution is -2.26. The third kappa shape index (κ3) is 3.31. The molecule has 0 saturated heterocycles. The number of Topliss-reactive ketones (excluding diaryl/α,β-unsaturated/α-hetero) is 1. The molecule has 0 aliphatic rings. The number of para-hydroxylation sites is 2. The molecule has 0 atom stereocenters. The number of carbonyl (C=O) groups excluding carboxylic acids is 1. The van der Waals surface area contributed by atoms with E-state index in [1.807, 2.05) is 36.2 Å². The SMILES string of the molecule is COc1ccccc1N(C)CC(=O)c1ccc(Cl)cc1. The molecule has 0 radical (unpaired) electrons. The second-order valence-corrected chi connectivity index (χ2v) is 4.89. The third-order valence-corrected chi connectivity index (χ3v) is 3.30. The molecule has 0 spiro atoms. The van der Waals surface area contributed by atoms with Crippen molar-refractivity contribution in [3.63, 3.8) is 0 Å². The van der Waals surface area contributed by atoms with Crippen LogP contribution in [0.15, 0.2) is 48.5 Å². The molecule has 0 unspecified atom stereocenters. The predicted molar refractivity (Wildman–Crippen MR) is 82.0 cm³/mol. The summed E-state index contributed by atoms with van der Waals surface area (Å²) in [6, 6.07) is 14.5. The van der Waals surface area contributed by atoms with Crippen LogP contribution in [0, 0.1) is 0 Å². The Morgan fingerprint density at radius 2 is 1.80 bits per heavy atom. The van der Waals surface area contributed by atoms with Crippen LogP contribution >= 0.6 is 11.6 Å². The molecule has 0 N–H and O–H groups in total. The number of rotatable bonds is 5. The summed E-state index contributed by atoms with van der Waals surface area (Å²) in [5, 5.41) is 0.625. The topological polar surface area (TPSA) is 29.5 Å². The van der Waals surface area contributed by atoms with Crippen LogP contribution in [0.4, 0.5) is 5.69 Å². The Kier molecular flexibility index (Phi) is 4.64. The quantitative estimate of drug-likeness (QED) is 0.787. The maximum atomic E-state index is 12.2. The number of ether oxygens (including phenoxy) is 1. The van der Waals surface area contributed by atoms with E-state index in [9.17, 15) is 4.79 Å². The van der Waals surface area contributed by atoms with E-state index in [1.54, 1.807) is 31.4 Å². The van der Waals surface area contributed by atoms with Gasteiger partial charge in [-0.25, -0.2) is 0 Å². The van der Waals surface area contributed by atoms with Gasteiger partial charge in [-0.05, 0) is 36.4 Å². The van der Waals surface area contributed by atoms with E-state index in [2.05, 4.69) is 0 Å². The Balaban J connectivity index is 2.13. The van der Waals surface area contributed by atoms with Gasteiger partial charge in [0.2, 0.25) is 0 Å². The zero-order chi connectivity index (χ0) is 14.5. The number of likely N-dealkylation sites (N-methyl/N-ethyl adjacent to an activating group) is 1. The highest BCUT2D eigenvalue weighted by Crippen LogP contribution is 2.26. The van der Waals surface area contributed by atoms with Crippen molar-refractivity contribution in [2.24, 2.45) is 0 Å². The first-order valence-corrected chi connectivity index (χ1v) is 6.62. The average Bonchev–Trinajstić information content (AvgIpc) is 2.47. The maximum absolute atomic E-state index is 12.2. The Labute approximate surface area is 123 Å². The van der Waals surface area contributed by atoms with Gasteiger partial charge in [-0.3, -0.25) is 4.79 Å². The van der Waals surface area contributed by atoms with Crippen molar-refractivity contribution in [3.05, 3.63) is 59.1 Å². The van der Waals surface area contributed by atoms with Crippen LogP contribution in [-0.4, -0.2) is 26.5 Å². The van der Waals surface area contributed by atoms with E-state index in [4.69, 9.17) is 16.3 Å². The molecule has 0 bridgehead atoms. The molecule has 0 heterocycles. The van der Waals surface area contributed by atoms with Crippen LogP contribution < -0.4 is 9.64 Å². The number of methoxy groups -OCH3 is 1. The molecule has 20 heavy (non-hydrogen) atoms. The molecular weight excluding hydrogens is 274 g/mol. The fourth-order valence-electron chi connectivity index (χ4n) is 1.97. The Morgan fingerprint density at radius 3 is 2.45 bits per heavy atom. The second kappa shape index (κ2) is 6.44. The lowest BCUT2D eigenvalue weighted by molar-refractivity contribution is 0.100. The summed E-state index contributed by atoms with van der Waals surface area (Å²) < 4.78 is 5.30. The Hall–Kier alpha value is -2.00. The molecule has 104 valence electrons. The molecule has 3 nitrogen and oxygen atoms in total. The number of hydrogen-bond donors (Lipinski definition) is 0. The van der Waals surface area contributed by atoms with E-state index in [-0.39, 0.29) is 12.3 Å². The van der Waals surface area contributed by atoms with Gasteiger partial charge in [-0.1, -0.05) is 23.7 Å². The van der Waals surface area contributed by atoms with Crippen LogP contribution in [0.1, 0.15) is 10.4 Å². The van der Waals surface area contributed by atoms with Crippen molar-refractivity contribution in [2.75, 3.05) is 25.6 Å². The summed E-state index contributed by atoms with van der Waals surface area (Å²) in [4.78, 5) is 14.1. The summed E-state index contributed by atoms with van der Waals surface area (Å²) in [6.07, 6.45) is 0. The van der Waals surface area contributed by atoms with Crippen LogP contribution in [0.3, 0.4) is 0 Å². The van der Waals surface area contributed by atoms with Gasteiger partial charge >= 0.3 is 0 Å². The first-order chi connectivity index (χ1) is 9.61. The molecule has 2 rings (SSSR count).